The van der Waals surface area contributed by atoms with Crippen LogP contribution in [-0.4, -0.2) is 24.0 Å². The van der Waals surface area contributed by atoms with Crippen molar-refractivity contribution in [3.63, 3.8) is 0 Å². The van der Waals surface area contributed by atoms with E-state index in [4.69, 9.17) is 6.57 Å². The summed E-state index contributed by atoms with van der Waals surface area (Å²) in [5.74, 6) is 0. The van der Waals surface area contributed by atoms with Gasteiger partial charge in [0.15, 0.2) is 5.69 Å². The second-order valence-electron chi connectivity index (χ2n) is 7.05. The van der Waals surface area contributed by atoms with Crippen LogP contribution in [0.15, 0.2) is 54.1 Å². The fourth-order valence-electron chi connectivity index (χ4n) is 4.19. The van der Waals surface area contributed by atoms with E-state index >= 15 is 0 Å². The molecule has 0 aromatic heterocycles. The van der Waals surface area contributed by atoms with Gasteiger partial charge in [-0.25, -0.2) is 4.85 Å². The highest BCUT2D eigenvalue weighted by molar-refractivity contribution is 5.71. The first kappa shape index (κ1) is 15.2. The number of fused-ring (bicyclic) bond motifs is 2. The second-order valence-corrected chi connectivity index (χ2v) is 7.05. The third kappa shape index (κ3) is 2.88. The van der Waals surface area contributed by atoms with E-state index in [2.05, 4.69) is 53.2 Å². The van der Waals surface area contributed by atoms with Crippen molar-refractivity contribution in [3.8, 4) is 11.1 Å². The average Bonchev–Trinajstić information content (AvgIpc) is 2.83. The first-order valence-corrected chi connectivity index (χ1v) is 8.72. The van der Waals surface area contributed by atoms with Gasteiger partial charge in [0.05, 0.1) is 6.57 Å². The monoisotopic (exact) mass is 314 g/mol. The first-order valence-electron chi connectivity index (χ1n) is 8.72. The summed E-state index contributed by atoms with van der Waals surface area (Å²) in [4.78, 5) is 6.11. The summed E-state index contributed by atoms with van der Waals surface area (Å²) < 4.78 is 0. The Morgan fingerprint density at radius 2 is 1.67 bits per heavy atom. The summed E-state index contributed by atoms with van der Waals surface area (Å²) >= 11 is 0. The highest BCUT2D eigenvalue weighted by atomic mass is 15.2. The smallest absolute Gasteiger partial charge is 0.187 e. The lowest BCUT2D eigenvalue weighted by Crippen LogP contribution is -2.36. The average molecular weight is 314 g/mol. The fraction of sp³-hybridized carbons (Fsp3) is 0.318. The first-order chi connectivity index (χ1) is 11.7. The van der Waals surface area contributed by atoms with Crippen LogP contribution in [0.25, 0.3) is 22.0 Å². The van der Waals surface area contributed by atoms with E-state index in [-0.39, 0.29) is 0 Å². The third-order valence-electron chi connectivity index (χ3n) is 5.55. The molecule has 2 aliphatic heterocycles. The highest BCUT2D eigenvalue weighted by Crippen LogP contribution is 2.38. The number of benzene rings is 2. The van der Waals surface area contributed by atoms with E-state index in [0.717, 1.165) is 17.6 Å². The van der Waals surface area contributed by atoms with Crippen molar-refractivity contribution < 1.29 is 0 Å². The topological polar surface area (TPSA) is 7.60 Å². The predicted octanol–water partition coefficient (Wildman–Crippen LogP) is 5.54. The molecule has 2 heterocycles. The van der Waals surface area contributed by atoms with Crippen molar-refractivity contribution in [3.05, 3.63) is 71.1 Å². The van der Waals surface area contributed by atoms with Crippen molar-refractivity contribution in [1.29, 1.82) is 0 Å². The molecular weight excluding hydrogens is 292 g/mol. The Balaban J connectivity index is 1.61. The van der Waals surface area contributed by atoms with Crippen molar-refractivity contribution in [2.24, 2.45) is 0 Å². The molecule has 0 radical (unpaired) electrons. The normalized spacial score (nSPS) is 23.1. The van der Waals surface area contributed by atoms with Crippen LogP contribution in [0.3, 0.4) is 0 Å². The molecule has 2 nitrogen and oxygen atoms in total. The number of nitrogens with zero attached hydrogens (tertiary/aromatic N) is 2. The molecule has 2 unspecified atom stereocenters. The van der Waals surface area contributed by atoms with Crippen molar-refractivity contribution >= 4 is 11.8 Å². The zero-order chi connectivity index (χ0) is 16.5. The van der Waals surface area contributed by atoms with E-state index in [0.29, 0.717) is 5.69 Å². The minimum atomic E-state index is 0.697. The zero-order valence-electron chi connectivity index (χ0n) is 14.1. The molecule has 0 saturated carbocycles. The molecule has 0 N–H and O–H groups in total. The Hall–Kier alpha value is -2.37. The molecule has 2 aromatic carbocycles. The van der Waals surface area contributed by atoms with Crippen LogP contribution >= 0.6 is 0 Å². The molecule has 120 valence electrons. The Morgan fingerprint density at radius 1 is 1.00 bits per heavy atom. The molecule has 4 rings (SSSR count). The Labute approximate surface area is 144 Å². The van der Waals surface area contributed by atoms with Crippen LogP contribution in [0.4, 0.5) is 5.69 Å². The predicted molar refractivity (Wildman–Crippen MR) is 99.9 cm³/mol. The third-order valence-corrected chi connectivity index (χ3v) is 5.55. The lowest BCUT2D eigenvalue weighted by Gasteiger charge is -2.32. The van der Waals surface area contributed by atoms with E-state index in [9.17, 15) is 0 Å². The SMILES string of the molecule is [C-]#[N+]c1cccc(-c2cccc(C=C3CC4CCC(C3)N4C)c2)c1. The van der Waals surface area contributed by atoms with Gasteiger partial charge in [0.25, 0.3) is 0 Å². The van der Waals surface area contributed by atoms with Gasteiger partial charge in [0.1, 0.15) is 0 Å². The molecule has 2 aromatic rings. The summed E-state index contributed by atoms with van der Waals surface area (Å²) in [5, 5.41) is 0. The summed E-state index contributed by atoms with van der Waals surface area (Å²) in [6.45, 7) is 7.19. The van der Waals surface area contributed by atoms with Crippen LogP contribution in [0.5, 0.6) is 0 Å². The molecular formula is C22H22N2. The van der Waals surface area contributed by atoms with Gasteiger partial charge in [-0.1, -0.05) is 48.0 Å². The number of rotatable bonds is 2. The van der Waals surface area contributed by atoms with Gasteiger partial charge in [0.2, 0.25) is 0 Å². The van der Waals surface area contributed by atoms with Crippen molar-refractivity contribution in [2.75, 3.05) is 7.05 Å². The van der Waals surface area contributed by atoms with Gasteiger partial charge in [-0.05, 0) is 61.6 Å². The van der Waals surface area contributed by atoms with Gasteiger partial charge in [-0.2, -0.15) is 0 Å². The van der Waals surface area contributed by atoms with Gasteiger partial charge < -0.3 is 0 Å². The Kier molecular flexibility index (Phi) is 3.96. The van der Waals surface area contributed by atoms with Gasteiger partial charge in [0, 0.05) is 12.1 Å². The lowest BCUT2D eigenvalue weighted by atomic mass is 9.94. The quantitative estimate of drug-likeness (QED) is 0.660. The van der Waals surface area contributed by atoms with Gasteiger partial charge in [-0.15, -0.1) is 0 Å². The van der Waals surface area contributed by atoms with Crippen LogP contribution in [0, 0.1) is 6.57 Å². The Bertz CT molecular complexity index is 812. The summed E-state index contributed by atoms with van der Waals surface area (Å²) in [7, 11) is 2.28. The van der Waals surface area contributed by atoms with Crippen LogP contribution in [0.2, 0.25) is 0 Å². The molecule has 2 aliphatic rings. The maximum atomic E-state index is 7.19. The van der Waals surface area contributed by atoms with E-state index in [1.807, 2.05) is 18.2 Å². The summed E-state index contributed by atoms with van der Waals surface area (Å²) in [6, 6.07) is 18.0. The fourth-order valence-corrected chi connectivity index (χ4v) is 4.19. The molecule has 24 heavy (non-hydrogen) atoms. The van der Waals surface area contributed by atoms with Crippen molar-refractivity contribution in [1.82, 2.24) is 4.90 Å². The highest BCUT2D eigenvalue weighted by Gasteiger charge is 2.35. The van der Waals surface area contributed by atoms with Crippen LogP contribution in [-0.2, 0) is 0 Å². The Morgan fingerprint density at radius 3 is 2.38 bits per heavy atom. The minimum absolute atomic E-state index is 0.697. The maximum Gasteiger partial charge on any atom is 0.187 e. The summed E-state index contributed by atoms with van der Waals surface area (Å²) in [5.41, 5.74) is 5.87. The van der Waals surface area contributed by atoms with E-state index in [1.54, 1.807) is 5.57 Å². The maximum absolute atomic E-state index is 7.19. The molecule has 2 bridgehead atoms. The molecule has 2 heteroatoms. The van der Waals surface area contributed by atoms with Crippen LogP contribution in [0.1, 0.15) is 31.2 Å². The standard InChI is InChI=1S/C22H22N2/c1-23-20-8-4-7-19(15-20)18-6-3-5-16(12-18)11-17-13-21-9-10-22(14-17)24(21)2/h3-8,11-12,15,21-22H,9-10,13-14H2,2H3. The van der Waals surface area contributed by atoms with Gasteiger partial charge >= 0.3 is 0 Å². The number of piperidine rings is 1. The second kappa shape index (κ2) is 6.26. The van der Waals surface area contributed by atoms with Crippen molar-refractivity contribution in [2.45, 2.75) is 37.8 Å². The molecule has 2 atom stereocenters. The molecule has 0 spiro atoms. The largest absolute Gasteiger partial charge is 0.300 e. The van der Waals surface area contributed by atoms with Crippen LogP contribution < -0.4 is 0 Å². The zero-order valence-corrected chi connectivity index (χ0v) is 14.1. The van der Waals surface area contributed by atoms with E-state index in [1.165, 1.54) is 36.8 Å². The lowest BCUT2D eigenvalue weighted by molar-refractivity contribution is 0.210. The number of hydrogen-bond donors (Lipinski definition) is 0. The molecule has 0 amide bonds. The van der Waals surface area contributed by atoms with Gasteiger partial charge in [-0.3, -0.25) is 4.90 Å². The summed E-state index contributed by atoms with van der Waals surface area (Å²) in [6.07, 6.45) is 7.51. The molecule has 2 fully saturated rings. The number of hydrogen-bond acceptors (Lipinski definition) is 1. The molecule has 2 saturated heterocycles. The molecule has 0 aliphatic carbocycles. The minimum Gasteiger partial charge on any atom is -0.300 e. The van der Waals surface area contributed by atoms with E-state index < -0.39 is 0 Å².